The molecule has 1 rings (SSSR count). The number of carbonyl (C=O) groups excluding carboxylic acids is 1. The Morgan fingerprint density at radius 1 is 1.47 bits per heavy atom. The molecule has 0 aromatic rings. The maximum absolute atomic E-state index is 11.5. The van der Waals surface area contributed by atoms with E-state index in [0.717, 1.165) is 19.3 Å². The molecule has 0 N–H and O–H groups in total. The Morgan fingerprint density at radius 2 is 2.13 bits per heavy atom. The molecule has 1 aliphatic rings. The molecule has 1 aliphatic heterocycles. The molecule has 4 heteroatoms. The number of esters is 1. The molecule has 1 saturated heterocycles. The molecule has 2 atom stereocenters. The molecule has 3 nitrogen and oxygen atoms in total. The van der Waals surface area contributed by atoms with Crippen molar-refractivity contribution in [2.75, 3.05) is 6.61 Å². The van der Waals surface area contributed by atoms with Crippen LogP contribution in [0.25, 0.3) is 0 Å². The number of hydrogen-bond acceptors (Lipinski definition) is 3. The molecule has 0 aromatic heterocycles. The summed E-state index contributed by atoms with van der Waals surface area (Å²) in [4.78, 5) is 11.5. The minimum absolute atomic E-state index is 0.0347. The molecule has 0 amide bonds. The van der Waals surface area contributed by atoms with E-state index in [9.17, 15) is 4.79 Å². The van der Waals surface area contributed by atoms with Crippen LogP contribution in [0.15, 0.2) is 0 Å². The first-order valence-electron chi connectivity index (χ1n) is 5.36. The van der Waals surface area contributed by atoms with Gasteiger partial charge in [-0.05, 0) is 40.0 Å². The van der Waals surface area contributed by atoms with Crippen molar-refractivity contribution in [1.29, 1.82) is 0 Å². The largest absolute Gasteiger partial charge is 0.463 e. The van der Waals surface area contributed by atoms with Crippen molar-refractivity contribution in [2.45, 2.75) is 51.7 Å². The topological polar surface area (TPSA) is 35.5 Å². The van der Waals surface area contributed by atoms with Gasteiger partial charge in [0.25, 0.3) is 0 Å². The Balaban J connectivity index is 2.28. The van der Waals surface area contributed by atoms with Crippen LogP contribution in [0.3, 0.4) is 0 Å². The van der Waals surface area contributed by atoms with Crippen LogP contribution in [0.1, 0.15) is 40.0 Å². The highest BCUT2D eigenvalue weighted by molar-refractivity contribution is 6.19. The second kappa shape index (κ2) is 5.17. The second-order valence-corrected chi connectivity index (χ2v) is 5.43. The van der Waals surface area contributed by atoms with Crippen molar-refractivity contribution in [3.8, 4) is 0 Å². The van der Waals surface area contributed by atoms with Crippen molar-refractivity contribution in [3.63, 3.8) is 0 Å². The fourth-order valence-electron chi connectivity index (χ4n) is 1.36. The Labute approximate surface area is 96.1 Å². The van der Waals surface area contributed by atoms with Gasteiger partial charge in [-0.1, -0.05) is 11.6 Å². The van der Waals surface area contributed by atoms with Crippen molar-refractivity contribution < 1.29 is 14.3 Å². The van der Waals surface area contributed by atoms with Crippen LogP contribution in [0.4, 0.5) is 0 Å². The smallest absolute Gasteiger partial charge is 0.311 e. The molecule has 88 valence electrons. The Hall–Kier alpha value is -0.280. The van der Waals surface area contributed by atoms with Gasteiger partial charge in [-0.3, -0.25) is 4.79 Å². The summed E-state index contributed by atoms with van der Waals surface area (Å²) < 4.78 is 10.6. The lowest BCUT2D eigenvalue weighted by molar-refractivity contribution is -0.159. The van der Waals surface area contributed by atoms with Crippen LogP contribution >= 0.6 is 11.6 Å². The molecule has 1 fully saturated rings. The van der Waals surface area contributed by atoms with Gasteiger partial charge < -0.3 is 9.47 Å². The van der Waals surface area contributed by atoms with Crippen molar-refractivity contribution >= 4 is 17.6 Å². The molecule has 2 unspecified atom stereocenters. The van der Waals surface area contributed by atoms with Gasteiger partial charge in [0.2, 0.25) is 0 Å². The van der Waals surface area contributed by atoms with Crippen molar-refractivity contribution in [3.05, 3.63) is 0 Å². The van der Waals surface area contributed by atoms with E-state index in [1.54, 1.807) is 0 Å². The summed E-state index contributed by atoms with van der Waals surface area (Å²) in [5.41, 5.74) is -0.674. The first-order chi connectivity index (χ1) is 6.89. The van der Waals surface area contributed by atoms with Gasteiger partial charge in [0.1, 0.15) is 12.2 Å². The van der Waals surface area contributed by atoms with Crippen LogP contribution in [-0.2, 0) is 14.3 Å². The first kappa shape index (κ1) is 12.8. The van der Waals surface area contributed by atoms with E-state index in [1.165, 1.54) is 0 Å². The summed E-state index contributed by atoms with van der Waals surface area (Å²) in [6, 6.07) is 0. The zero-order valence-electron chi connectivity index (χ0n) is 9.59. The summed E-state index contributed by atoms with van der Waals surface area (Å²) in [6.45, 7) is 5.82. The number of alkyl halides is 1. The van der Waals surface area contributed by atoms with E-state index >= 15 is 0 Å². The predicted octanol–water partition coefficient (Wildman–Crippen LogP) is 2.71. The normalized spacial score (nSPS) is 27.5. The quantitative estimate of drug-likeness (QED) is 0.545. The number of hydrogen-bond donors (Lipinski definition) is 0. The Kier molecular flexibility index (Phi) is 4.41. The van der Waals surface area contributed by atoms with Crippen LogP contribution in [0.2, 0.25) is 0 Å². The second-order valence-electron chi connectivity index (χ2n) is 4.95. The third-order valence-corrected chi connectivity index (χ3v) is 2.63. The van der Waals surface area contributed by atoms with Gasteiger partial charge in [0, 0.05) is 0 Å². The van der Waals surface area contributed by atoms with E-state index in [2.05, 4.69) is 0 Å². The standard InChI is InChI=1S/C11H19ClO3/c1-11(2,3)10(13)14-7-8-5-4-6-9(12)15-8/h8-9H,4-7H2,1-3H3. The lowest BCUT2D eigenvalue weighted by Gasteiger charge is -2.27. The van der Waals surface area contributed by atoms with Crippen molar-refractivity contribution in [1.82, 2.24) is 0 Å². The summed E-state index contributed by atoms with van der Waals surface area (Å²) in [5.74, 6) is -0.192. The summed E-state index contributed by atoms with van der Waals surface area (Å²) in [6.07, 6.45) is 2.80. The molecule has 0 radical (unpaired) electrons. The monoisotopic (exact) mass is 234 g/mol. The number of halogens is 1. The van der Waals surface area contributed by atoms with E-state index in [4.69, 9.17) is 21.1 Å². The van der Waals surface area contributed by atoms with Crippen LogP contribution in [0, 0.1) is 5.41 Å². The molecule has 0 aliphatic carbocycles. The molecule has 0 aromatic carbocycles. The SMILES string of the molecule is CC(C)(C)C(=O)OCC1CCCC(Cl)O1. The number of carbonyl (C=O) groups is 1. The zero-order valence-corrected chi connectivity index (χ0v) is 10.3. The molecule has 15 heavy (non-hydrogen) atoms. The van der Waals surface area contributed by atoms with Gasteiger partial charge >= 0.3 is 5.97 Å². The highest BCUT2D eigenvalue weighted by atomic mass is 35.5. The maximum atomic E-state index is 11.5. The predicted molar refractivity (Wildman–Crippen MR) is 58.8 cm³/mol. The summed E-state index contributed by atoms with van der Waals surface area (Å²) in [7, 11) is 0. The molecular formula is C11H19ClO3. The van der Waals surface area contributed by atoms with Gasteiger partial charge in [0.05, 0.1) is 11.5 Å². The Bertz CT molecular complexity index is 222. The average molecular weight is 235 g/mol. The zero-order chi connectivity index (χ0) is 11.5. The highest BCUT2D eigenvalue weighted by Gasteiger charge is 2.26. The molecule has 0 saturated carbocycles. The summed E-state index contributed by atoms with van der Waals surface area (Å²) in [5, 5.41) is 0. The third-order valence-electron chi connectivity index (χ3n) is 2.31. The van der Waals surface area contributed by atoms with Gasteiger partial charge in [-0.25, -0.2) is 0 Å². The van der Waals surface area contributed by atoms with E-state index < -0.39 is 5.41 Å². The lowest BCUT2D eigenvalue weighted by atomic mass is 9.97. The van der Waals surface area contributed by atoms with Gasteiger partial charge in [-0.15, -0.1) is 0 Å². The first-order valence-corrected chi connectivity index (χ1v) is 5.80. The van der Waals surface area contributed by atoms with Gasteiger partial charge in [-0.2, -0.15) is 0 Å². The van der Waals surface area contributed by atoms with E-state index in [1.807, 2.05) is 20.8 Å². The molecule has 0 bridgehead atoms. The van der Waals surface area contributed by atoms with Crippen molar-refractivity contribution in [2.24, 2.45) is 5.41 Å². The summed E-state index contributed by atoms with van der Waals surface area (Å²) >= 11 is 5.85. The van der Waals surface area contributed by atoms with Crippen LogP contribution in [-0.4, -0.2) is 24.2 Å². The van der Waals surface area contributed by atoms with Crippen LogP contribution < -0.4 is 0 Å². The molecule has 0 spiro atoms. The number of ether oxygens (including phenoxy) is 2. The Morgan fingerprint density at radius 3 is 2.67 bits per heavy atom. The maximum Gasteiger partial charge on any atom is 0.311 e. The minimum Gasteiger partial charge on any atom is -0.463 e. The fourth-order valence-corrected chi connectivity index (χ4v) is 1.66. The van der Waals surface area contributed by atoms with E-state index in [-0.39, 0.29) is 17.6 Å². The lowest BCUT2D eigenvalue weighted by Crippen LogP contribution is -2.32. The molecular weight excluding hydrogens is 216 g/mol. The van der Waals surface area contributed by atoms with Crippen LogP contribution in [0.5, 0.6) is 0 Å². The number of rotatable bonds is 2. The molecule has 1 heterocycles. The minimum atomic E-state index is -0.449. The third kappa shape index (κ3) is 4.39. The fraction of sp³-hybridized carbons (Fsp3) is 0.909. The highest BCUT2D eigenvalue weighted by Crippen LogP contribution is 2.22. The van der Waals surface area contributed by atoms with E-state index in [0.29, 0.717) is 6.61 Å². The average Bonchev–Trinajstić information content (AvgIpc) is 2.12. The van der Waals surface area contributed by atoms with Gasteiger partial charge in [0.15, 0.2) is 0 Å².